The molecule has 5 nitrogen and oxygen atoms in total. The average molecular weight is 323 g/mol. The lowest BCUT2D eigenvalue weighted by Gasteiger charge is -2.49. The summed E-state index contributed by atoms with van der Waals surface area (Å²) < 4.78 is 5.34. The Balaban J connectivity index is 1.55. The minimum Gasteiger partial charge on any atom is -0.444 e. The Hall–Kier alpha value is -0.810. The Morgan fingerprint density at radius 1 is 1.26 bits per heavy atom. The van der Waals surface area contributed by atoms with Crippen LogP contribution in [0.25, 0.3) is 0 Å². The van der Waals surface area contributed by atoms with E-state index in [1.54, 1.807) is 0 Å². The number of carbonyl (C=O) groups excluding carboxylic acids is 1. The number of hydrogen-bond donors (Lipinski definition) is 1. The molecule has 0 aliphatic carbocycles. The number of nitrogens with zero attached hydrogens (tertiary/aromatic N) is 2. The number of likely N-dealkylation sites (tertiary alicyclic amines) is 1. The first-order chi connectivity index (χ1) is 10.9. The summed E-state index contributed by atoms with van der Waals surface area (Å²) in [4.78, 5) is 17.2. The molecule has 4 fully saturated rings. The van der Waals surface area contributed by atoms with Crippen molar-refractivity contribution >= 4 is 6.09 Å². The molecule has 5 heteroatoms. The molecule has 1 N–H and O–H groups in total. The zero-order valence-corrected chi connectivity index (χ0v) is 15.2. The molecule has 0 saturated carbocycles. The van der Waals surface area contributed by atoms with Crippen LogP contribution in [-0.2, 0) is 4.74 Å². The van der Waals surface area contributed by atoms with Crippen LogP contribution in [0.5, 0.6) is 0 Å². The Kier molecular flexibility index (Phi) is 4.88. The maximum Gasteiger partial charge on any atom is 0.407 e. The summed E-state index contributed by atoms with van der Waals surface area (Å²) in [5.74, 6) is 1.78. The van der Waals surface area contributed by atoms with Crippen LogP contribution in [0.2, 0.25) is 0 Å². The zero-order chi connectivity index (χ0) is 16.6. The third-order valence-corrected chi connectivity index (χ3v) is 5.86. The molecule has 0 aromatic rings. The molecule has 4 rings (SSSR count). The Labute approximate surface area is 140 Å². The third kappa shape index (κ3) is 3.66. The van der Waals surface area contributed by atoms with Gasteiger partial charge in [0.05, 0.1) is 0 Å². The second-order valence-electron chi connectivity index (χ2n) is 8.40. The monoisotopic (exact) mass is 323 g/mol. The first-order valence-corrected chi connectivity index (χ1v) is 9.34. The van der Waals surface area contributed by atoms with Gasteiger partial charge in [-0.15, -0.1) is 0 Å². The summed E-state index contributed by atoms with van der Waals surface area (Å²) in [5.41, 5.74) is -0.424. The Morgan fingerprint density at radius 2 is 1.96 bits per heavy atom. The van der Waals surface area contributed by atoms with Gasteiger partial charge < -0.3 is 10.1 Å². The molecule has 0 spiro atoms. The largest absolute Gasteiger partial charge is 0.444 e. The number of likely N-dealkylation sites (N-methyl/N-ethyl adjacent to an activating group) is 1. The van der Waals surface area contributed by atoms with Crippen LogP contribution in [0.1, 0.15) is 47.0 Å². The van der Waals surface area contributed by atoms with Crippen molar-refractivity contribution in [3.05, 3.63) is 0 Å². The Morgan fingerprint density at radius 3 is 2.57 bits per heavy atom. The molecule has 132 valence electrons. The second kappa shape index (κ2) is 6.60. The number of carbonyl (C=O) groups is 1. The molecule has 3 unspecified atom stereocenters. The molecule has 23 heavy (non-hydrogen) atoms. The lowest BCUT2D eigenvalue weighted by Crippen LogP contribution is -2.57. The average Bonchev–Trinajstić information content (AvgIpc) is 2.87. The topological polar surface area (TPSA) is 44.8 Å². The van der Waals surface area contributed by atoms with Crippen molar-refractivity contribution in [2.24, 2.45) is 11.8 Å². The van der Waals surface area contributed by atoms with E-state index in [4.69, 9.17) is 4.74 Å². The molecule has 2 bridgehead atoms. The first kappa shape index (κ1) is 17.0. The molecular formula is C18H33N3O2. The van der Waals surface area contributed by atoms with Crippen LogP contribution < -0.4 is 5.32 Å². The highest BCUT2D eigenvalue weighted by Crippen LogP contribution is 2.44. The van der Waals surface area contributed by atoms with E-state index in [1.165, 1.54) is 32.5 Å². The maximum absolute atomic E-state index is 11.8. The smallest absolute Gasteiger partial charge is 0.407 e. The number of alkyl carbamates (subject to hydrolysis) is 1. The van der Waals surface area contributed by atoms with E-state index in [1.807, 2.05) is 20.8 Å². The van der Waals surface area contributed by atoms with Gasteiger partial charge in [0.15, 0.2) is 0 Å². The highest BCUT2D eigenvalue weighted by atomic mass is 16.6. The van der Waals surface area contributed by atoms with Crippen LogP contribution in [0.15, 0.2) is 0 Å². The lowest BCUT2D eigenvalue weighted by atomic mass is 9.73. The van der Waals surface area contributed by atoms with Gasteiger partial charge in [-0.2, -0.15) is 0 Å². The van der Waals surface area contributed by atoms with Crippen LogP contribution >= 0.6 is 0 Å². The lowest BCUT2D eigenvalue weighted by molar-refractivity contribution is 0.00225. The Bertz CT molecular complexity index is 426. The number of amides is 1. The van der Waals surface area contributed by atoms with Crippen molar-refractivity contribution in [1.29, 1.82) is 0 Å². The zero-order valence-electron chi connectivity index (χ0n) is 15.2. The number of nitrogens with one attached hydrogen (secondary N) is 1. The molecule has 4 aliphatic heterocycles. The van der Waals surface area contributed by atoms with Gasteiger partial charge in [-0.25, -0.2) is 4.79 Å². The summed E-state index contributed by atoms with van der Waals surface area (Å²) in [5, 5.41) is 2.94. The van der Waals surface area contributed by atoms with Gasteiger partial charge in [-0.3, -0.25) is 9.80 Å². The normalized spacial score (nSPS) is 36.8. The highest BCUT2D eigenvalue weighted by molar-refractivity contribution is 5.67. The maximum atomic E-state index is 11.8. The van der Waals surface area contributed by atoms with Gasteiger partial charge in [0.2, 0.25) is 0 Å². The van der Waals surface area contributed by atoms with E-state index in [9.17, 15) is 4.79 Å². The highest BCUT2D eigenvalue weighted by Gasteiger charge is 2.51. The minimum absolute atomic E-state index is 0.291. The van der Waals surface area contributed by atoms with E-state index in [-0.39, 0.29) is 6.09 Å². The molecule has 1 amide bonds. The molecule has 3 atom stereocenters. The fraction of sp³-hybridized carbons (Fsp3) is 0.944. The molecular weight excluding hydrogens is 290 g/mol. The number of ether oxygens (including phenoxy) is 1. The molecule has 0 aromatic heterocycles. The van der Waals surface area contributed by atoms with Crippen molar-refractivity contribution in [3.63, 3.8) is 0 Å². The van der Waals surface area contributed by atoms with Gasteiger partial charge in [-0.1, -0.05) is 6.92 Å². The minimum atomic E-state index is -0.424. The SMILES string of the molecule is CCN1CC2C3CCN(CC3)C2C1CCNC(=O)OC(C)(C)C. The molecule has 4 heterocycles. The number of piperidine rings is 3. The van der Waals surface area contributed by atoms with Gasteiger partial charge in [0, 0.05) is 25.2 Å². The number of hydrogen-bond acceptors (Lipinski definition) is 4. The number of rotatable bonds is 4. The van der Waals surface area contributed by atoms with Gasteiger partial charge in [-0.05, 0) is 71.5 Å². The van der Waals surface area contributed by atoms with Crippen LogP contribution in [0.3, 0.4) is 0 Å². The summed E-state index contributed by atoms with van der Waals surface area (Å²) in [6, 6.07) is 1.30. The van der Waals surface area contributed by atoms with E-state index in [2.05, 4.69) is 22.0 Å². The van der Waals surface area contributed by atoms with Crippen molar-refractivity contribution in [2.45, 2.75) is 64.6 Å². The number of fused-ring (bicyclic) bond motifs is 2. The van der Waals surface area contributed by atoms with Gasteiger partial charge in [0.1, 0.15) is 5.60 Å². The summed E-state index contributed by atoms with van der Waals surface area (Å²) in [6.07, 6.45) is 3.52. The van der Waals surface area contributed by atoms with E-state index in [0.29, 0.717) is 18.6 Å². The van der Waals surface area contributed by atoms with Gasteiger partial charge in [0.25, 0.3) is 0 Å². The van der Waals surface area contributed by atoms with Gasteiger partial charge >= 0.3 is 6.09 Å². The van der Waals surface area contributed by atoms with Crippen LogP contribution in [-0.4, -0.2) is 66.3 Å². The summed E-state index contributed by atoms with van der Waals surface area (Å²) >= 11 is 0. The van der Waals surface area contributed by atoms with Crippen molar-refractivity contribution in [1.82, 2.24) is 15.1 Å². The quantitative estimate of drug-likeness (QED) is 0.862. The van der Waals surface area contributed by atoms with Crippen molar-refractivity contribution in [3.8, 4) is 0 Å². The second-order valence-corrected chi connectivity index (χ2v) is 8.40. The molecule has 0 aromatic carbocycles. The molecule has 4 aliphatic rings. The van der Waals surface area contributed by atoms with Crippen molar-refractivity contribution in [2.75, 3.05) is 32.7 Å². The van der Waals surface area contributed by atoms with Crippen LogP contribution in [0, 0.1) is 11.8 Å². The summed E-state index contributed by atoms with van der Waals surface area (Å²) in [7, 11) is 0. The van der Waals surface area contributed by atoms with E-state index < -0.39 is 5.60 Å². The van der Waals surface area contributed by atoms with Crippen LogP contribution in [0.4, 0.5) is 4.79 Å². The van der Waals surface area contributed by atoms with E-state index >= 15 is 0 Å². The fourth-order valence-corrected chi connectivity index (χ4v) is 4.96. The van der Waals surface area contributed by atoms with E-state index in [0.717, 1.165) is 24.8 Å². The third-order valence-electron chi connectivity index (χ3n) is 5.86. The fourth-order valence-electron chi connectivity index (χ4n) is 4.96. The first-order valence-electron chi connectivity index (χ1n) is 9.34. The predicted octanol–water partition coefficient (Wildman–Crippen LogP) is 2.32. The van der Waals surface area contributed by atoms with Crippen molar-refractivity contribution < 1.29 is 9.53 Å². The predicted molar refractivity (Wildman–Crippen MR) is 91.5 cm³/mol. The molecule has 0 radical (unpaired) electrons. The standard InChI is InChI=1S/C18H33N3O2/c1-5-20-12-14-13-7-10-21(11-8-13)16(14)15(20)6-9-19-17(22)23-18(2,3)4/h13-16H,5-12H2,1-4H3,(H,19,22). The molecule has 4 saturated heterocycles. The summed E-state index contributed by atoms with van der Waals surface area (Å²) in [6.45, 7) is 13.6.